The quantitative estimate of drug-likeness (QED) is 0.900. The Balaban J connectivity index is 2.44. The van der Waals surface area contributed by atoms with Gasteiger partial charge in [0.2, 0.25) is 0 Å². The van der Waals surface area contributed by atoms with Gasteiger partial charge >= 0.3 is 5.97 Å². The Morgan fingerprint density at radius 3 is 2.62 bits per heavy atom. The lowest BCUT2D eigenvalue weighted by Crippen LogP contribution is -2.15. The lowest BCUT2D eigenvalue weighted by Gasteiger charge is -2.10. The third kappa shape index (κ3) is 3.50. The van der Waals surface area contributed by atoms with Crippen molar-refractivity contribution in [3.8, 4) is 0 Å². The maximum Gasteiger partial charge on any atom is 0.335 e. The molecule has 0 unspecified atom stereocenters. The predicted octanol–water partition coefficient (Wildman–Crippen LogP) is 2.54. The fourth-order valence-corrected chi connectivity index (χ4v) is 3.15. The number of anilines is 1. The molecule has 0 aliphatic rings. The summed E-state index contributed by atoms with van der Waals surface area (Å²) < 4.78 is 26.8. The number of carboxylic acids is 1. The summed E-state index contributed by atoms with van der Waals surface area (Å²) >= 11 is 5.85. The molecule has 1 aromatic heterocycles. The molecule has 6 nitrogen and oxygen atoms in total. The summed E-state index contributed by atoms with van der Waals surface area (Å²) in [6.07, 6.45) is 1.46. The Bertz CT molecular complexity index is 806. The number of nitrogens with one attached hydrogen (secondary N) is 1. The van der Waals surface area contributed by atoms with E-state index in [-0.39, 0.29) is 21.3 Å². The number of benzene rings is 1. The molecular formula is C13H11ClN2O4S. The number of carbonyl (C=O) groups is 1. The van der Waals surface area contributed by atoms with Crippen LogP contribution in [0.25, 0.3) is 0 Å². The van der Waals surface area contributed by atoms with Crippen molar-refractivity contribution >= 4 is 33.4 Å². The van der Waals surface area contributed by atoms with Gasteiger partial charge in [-0.15, -0.1) is 0 Å². The highest BCUT2D eigenvalue weighted by Gasteiger charge is 2.20. The van der Waals surface area contributed by atoms with Crippen LogP contribution in [0.4, 0.5) is 5.82 Å². The molecule has 0 aliphatic heterocycles. The summed E-state index contributed by atoms with van der Waals surface area (Å²) in [6.45, 7) is 1.79. The van der Waals surface area contributed by atoms with Gasteiger partial charge in [0.1, 0.15) is 10.7 Å². The number of pyridine rings is 1. The van der Waals surface area contributed by atoms with E-state index in [4.69, 9.17) is 16.7 Å². The number of hydrogen-bond donors (Lipinski definition) is 2. The van der Waals surface area contributed by atoms with Crippen LogP contribution in [-0.2, 0) is 10.0 Å². The predicted molar refractivity (Wildman–Crippen MR) is 78.2 cm³/mol. The van der Waals surface area contributed by atoms with Crippen molar-refractivity contribution in [3.05, 3.63) is 52.7 Å². The second-order valence-corrected chi connectivity index (χ2v) is 6.33. The monoisotopic (exact) mass is 326 g/mol. The third-order valence-corrected chi connectivity index (χ3v) is 4.46. The van der Waals surface area contributed by atoms with Crippen molar-refractivity contribution in [2.24, 2.45) is 0 Å². The van der Waals surface area contributed by atoms with Gasteiger partial charge in [0.25, 0.3) is 10.0 Å². The zero-order valence-electron chi connectivity index (χ0n) is 10.9. The minimum absolute atomic E-state index is 0.0693. The minimum atomic E-state index is -4.02. The number of carboxylic acid groups (broad SMARTS) is 1. The molecule has 0 atom stereocenters. The Labute approximate surface area is 126 Å². The maximum atomic E-state index is 12.3. The lowest BCUT2D eigenvalue weighted by molar-refractivity contribution is 0.0696. The molecule has 8 heteroatoms. The van der Waals surface area contributed by atoms with Crippen LogP contribution in [-0.4, -0.2) is 24.5 Å². The molecule has 21 heavy (non-hydrogen) atoms. The number of hydrogen-bond acceptors (Lipinski definition) is 4. The smallest absolute Gasteiger partial charge is 0.335 e. The molecule has 1 aromatic carbocycles. The number of rotatable bonds is 4. The standard InChI is InChI=1S/C13H11ClN2O4S/c1-8-4-5-15-12(6-8)16-21(19,20)11-7-9(13(17)18)2-3-10(11)14/h2-7H,1H3,(H,15,16)(H,17,18). The lowest BCUT2D eigenvalue weighted by atomic mass is 10.2. The minimum Gasteiger partial charge on any atom is -0.478 e. The number of sulfonamides is 1. The molecule has 0 radical (unpaired) electrons. The van der Waals surface area contributed by atoms with Gasteiger partial charge in [-0.3, -0.25) is 4.72 Å². The zero-order chi connectivity index (χ0) is 15.6. The number of halogens is 1. The molecule has 110 valence electrons. The Morgan fingerprint density at radius 2 is 2.00 bits per heavy atom. The van der Waals surface area contributed by atoms with Gasteiger partial charge in [0.05, 0.1) is 10.6 Å². The first-order chi connectivity index (χ1) is 9.79. The van der Waals surface area contributed by atoms with Gasteiger partial charge in [-0.1, -0.05) is 11.6 Å². The van der Waals surface area contributed by atoms with Crippen molar-refractivity contribution in [1.82, 2.24) is 4.98 Å². The molecule has 2 aromatic rings. The summed E-state index contributed by atoms with van der Waals surface area (Å²) in [4.78, 5) is 14.5. The zero-order valence-corrected chi connectivity index (χ0v) is 12.4. The highest BCUT2D eigenvalue weighted by Crippen LogP contribution is 2.24. The summed E-state index contributed by atoms with van der Waals surface area (Å²) in [5.74, 6) is -1.11. The van der Waals surface area contributed by atoms with Crippen molar-refractivity contribution in [3.63, 3.8) is 0 Å². The van der Waals surface area contributed by atoms with Gasteiger partial charge < -0.3 is 5.11 Å². The van der Waals surface area contributed by atoms with Gasteiger partial charge in [0.15, 0.2) is 0 Å². The Kier molecular flexibility index (Phi) is 4.15. The highest BCUT2D eigenvalue weighted by atomic mass is 35.5. The van der Waals surface area contributed by atoms with Crippen LogP contribution in [0.2, 0.25) is 5.02 Å². The van der Waals surface area contributed by atoms with Gasteiger partial charge in [-0.2, -0.15) is 0 Å². The maximum absolute atomic E-state index is 12.3. The van der Waals surface area contributed by atoms with E-state index < -0.39 is 16.0 Å². The van der Waals surface area contributed by atoms with Gasteiger partial charge in [0, 0.05) is 6.20 Å². The van der Waals surface area contributed by atoms with Crippen molar-refractivity contribution in [1.29, 1.82) is 0 Å². The highest BCUT2D eigenvalue weighted by molar-refractivity contribution is 7.92. The van der Waals surface area contributed by atoms with Crippen molar-refractivity contribution < 1.29 is 18.3 Å². The normalized spacial score (nSPS) is 11.1. The first-order valence-electron chi connectivity index (χ1n) is 5.78. The second kappa shape index (κ2) is 5.71. The van der Waals surface area contributed by atoms with Crippen LogP contribution in [0.5, 0.6) is 0 Å². The van der Waals surface area contributed by atoms with Crippen molar-refractivity contribution in [2.45, 2.75) is 11.8 Å². The molecule has 2 N–H and O–H groups in total. The van der Waals surface area contributed by atoms with Crippen LogP contribution in [0.15, 0.2) is 41.4 Å². The van der Waals surface area contributed by atoms with E-state index in [0.29, 0.717) is 0 Å². The van der Waals surface area contributed by atoms with Crippen LogP contribution in [0, 0.1) is 6.92 Å². The van der Waals surface area contributed by atoms with E-state index in [1.807, 2.05) is 0 Å². The van der Waals surface area contributed by atoms with Gasteiger partial charge in [-0.25, -0.2) is 18.2 Å². The third-order valence-electron chi connectivity index (χ3n) is 2.62. The number of nitrogens with zero attached hydrogens (tertiary/aromatic N) is 1. The molecule has 0 saturated heterocycles. The van der Waals surface area contributed by atoms with E-state index in [2.05, 4.69) is 9.71 Å². The molecule has 0 amide bonds. The van der Waals surface area contributed by atoms with Crippen LogP contribution in [0.3, 0.4) is 0 Å². The summed E-state index contributed by atoms with van der Waals surface area (Å²) in [5.41, 5.74) is 0.657. The molecule has 0 saturated carbocycles. The molecular weight excluding hydrogens is 316 g/mol. The molecule has 0 bridgehead atoms. The average Bonchev–Trinajstić information content (AvgIpc) is 2.38. The first-order valence-corrected chi connectivity index (χ1v) is 7.64. The van der Waals surface area contributed by atoms with E-state index in [1.54, 1.807) is 19.1 Å². The second-order valence-electron chi connectivity index (χ2n) is 4.27. The fourth-order valence-electron chi connectivity index (χ4n) is 1.63. The summed E-state index contributed by atoms with van der Waals surface area (Å²) in [7, 11) is -4.02. The Hall–Kier alpha value is -2.12. The first kappa shape index (κ1) is 15.3. The van der Waals surface area contributed by atoms with Crippen LogP contribution >= 0.6 is 11.6 Å². The molecule has 1 heterocycles. The molecule has 0 fully saturated rings. The van der Waals surface area contributed by atoms with Crippen molar-refractivity contribution in [2.75, 3.05) is 4.72 Å². The largest absolute Gasteiger partial charge is 0.478 e. The average molecular weight is 327 g/mol. The number of aryl methyl sites for hydroxylation is 1. The van der Waals surface area contributed by atoms with Crippen LogP contribution < -0.4 is 4.72 Å². The van der Waals surface area contributed by atoms with E-state index in [1.165, 1.54) is 18.3 Å². The van der Waals surface area contributed by atoms with E-state index in [9.17, 15) is 13.2 Å². The van der Waals surface area contributed by atoms with Gasteiger partial charge in [-0.05, 0) is 42.8 Å². The topological polar surface area (TPSA) is 96.4 Å². The Morgan fingerprint density at radius 1 is 1.29 bits per heavy atom. The SMILES string of the molecule is Cc1ccnc(NS(=O)(=O)c2cc(C(=O)O)ccc2Cl)c1. The summed E-state index contributed by atoms with van der Waals surface area (Å²) in [5, 5.41) is 8.85. The van der Waals surface area contributed by atoms with E-state index >= 15 is 0 Å². The number of aromatic nitrogens is 1. The van der Waals surface area contributed by atoms with E-state index in [0.717, 1.165) is 11.6 Å². The van der Waals surface area contributed by atoms with Crippen LogP contribution in [0.1, 0.15) is 15.9 Å². The number of aromatic carboxylic acids is 1. The molecule has 0 spiro atoms. The molecule has 2 rings (SSSR count). The fraction of sp³-hybridized carbons (Fsp3) is 0.0769. The molecule has 0 aliphatic carbocycles. The summed E-state index contributed by atoms with van der Waals surface area (Å²) in [6, 6.07) is 6.73.